The lowest BCUT2D eigenvalue weighted by molar-refractivity contribution is -0.120. The van der Waals surface area contributed by atoms with E-state index < -0.39 is 23.6 Å². The molecule has 10 heteroatoms. The van der Waals surface area contributed by atoms with E-state index in [4.69, 9.17) is 5.73 Å². The Hall–Kier alpha value is -3.40. The Morgan fingerprint density at radius 1 is 1.16 bits per heavy atom. The highest BCUT2D eigenvalue weighted by Crippen LogP contribution is 2.21. The van der Waals surface area contributed by atoms with Gasteiger partial charge >= 0.3 is 0 Å². The van der Waals surface area contributed by atoms with Crippen molar-refractivity contribution in [1.29, 1.82) is 0 Å². The van der Waals surface area contributed by atoms with Crippen molar-refractivity contribution < 1.29 is 13.6 Å². The molecular weight excluding hydrogens is 404 g/mol. The maximum Gasteiger partial charge on any atom is 0.236 e. The first-order chi connectivity index (χ1) is 14.8. The zero-order valence-corrected chi connectivity index (χ0v) is 17.3. The molecule has 0 spiro atoms. The van der Waals surface area contributed by atoms with Crippen molar-refractivity contribution in [1.82, 2.24) is 25.1 Å². The van der Waals surface area contributed by atoms with Gasteiger partial charge in [-0.3, -0.25) is 4.79 Å². The van der Waals surface area contributed by atoms with Gasteiger partial charge < -0.3 is 16.0 Å². The highest BCUT2D eigenvalue weighted by atomic mass is 19.2. The number of rotatable bonds is 5. The first-order valence-corrected chi connectivity index (χ1v) is 9.93. The monoisotopic (exact) mass is 427 g/mol. The van der Waals surface area contributed by atoms with Crippen molar-refractivity contribution in [2.24, 2.45) is 5.73 Å². The molecule has 3 aromatic rings. The highest BCUT2D eigenvalue weighted by molar-refractivity contribution is 5.81. The lowest BCUT2D eigenvalue weighted by Crippen LogP contribution is -2.56. The molecule has 31 heavy (non-hydrogen) atoms. The predicted molar refractivity (Wildman–Crippen MR) is 111 cm³/mol. The number of piperazine rings is 1. The Labute approximate surface area is 178 Å². The summed E-state index contributed by atoms with van der Waals surface area (Å²) in [5.74, 6) is -0.649. The summed E-state index contributed by atoms with van der Waals surface area (Å²) in [7, 11) is 0. The third-order valence-corrected chi connectivity index (χ3v) is 5.16. The molecule has 1 aliphatic heterocycles. The number of hydrogen-bond acceptors (Lipinski definition) is 6. The van der Waals surface area contributed by atoms with Crippen LogP contribution in [0.4, 0.5) is 14.6 Å². The van der Waals surface area contributed by atoms with Gasteiger partial charge in [-0.1, -0.05) is 6.07 Å². The normalized spacial score (nSPS) is 16.5. The van der Waals surface area contributed by atoms with Crippen LogP contribution < -0.4 is 16.0 Å². The molecule has 1 fully saturated rings. The number of carbonyl (C=O) groups is 1. The molecule has 1 amide bonds. The summed E-state index contributed by atoms with van der Waals surface area (Å²) >= 11 is 0. The molecule has 0 aliphatic carbocycles. The van der Waals surface area contributed by atoms with Crippen LogP contribution in [0.3, 0.4) is 0 Å². The molecule has 1 aromatic carbocycles. The van der Waals surface area contributed by atoms with E-state index in [0.29, 0.717) is 42.7 Å². The van der Waals surface area contributed by atoms with Crippen LogP contribution in [0.15, 0.2) is 30.3 Å². The summed E-state index contributed by atoms with van der Waals surface area (Å²) in [6, 6.07) is 6.98. The van der Waals surface area contributed by atoms with E-state index in [-0.39, 0.29) is 6.42 Å². The fourth-order valence-corrected chi connectivity index (χ4v) is 3.66. The van der Waals surface area contributed by atoms with Gasteiger partial charge in [0.25, 0.3) is 0 Å². The number of hydrogen-bond donors (Lipinski definition) is 2. The molecule has 4 rings (SSSR count). The average Bonchev–Trinajstić information content (AvgIpc) is 3.08. The summed E-state index contributed by atoms with van der Waals surface area (Å²) in [5.41, 5.74) is 7.76. The van der Waals surface area contributed by atoms with Gasteiger partial charge in [-0.25, -0.2) is 23.4 Å². The molecule has 162 valence electrons. The molecular formula is C21H23F2N7O. The predicted octanol–water partition coefficient (Wildman–Crippen LogP) is 1.41. The standard InChI is InChI=1S/C21H23F2N7O/c1-12-7-13(2)30(28-12)20-10-19(29-6-5-25-17(11-29)21(24)31)26-18(27-20)9-14-3-4-15(22)16(23)8-14/h3-4,7-8,10,17,25H,5-6,9,11H2,1-2H3,(H2,24,31). The Bertz CT molecular complexity index is 1130. The lowest BCUT2D eigenvalue weighted by Gasteiger charge is -2.33. The van der Waals surface area contributed by atoms with Crippen LogP contribution in [0.5, 0.6) is 0 Å². The third kappa shape index (κ3) is 4.53. The van der Waals surface area contributed by atoms with Gasteiger partial charge in [0.15, 0.2) is 17.5 Å². The number of nitrogens with two attached hydrogens (primary N) is 1. The Kier molecular flexibility index (Phi) is 5.64. The molecule has 0 radical (unpaired) electrons. The van der Waals surface area contributed by atoms with Crippen molar-refractivity contribution in [3.8, 4) is 5.82 Å². The zero-order chi connectivity index (χ0) is 22.1. The van der Waals surface area contributed by atoms with E-state index in [0.717, 1.165) is 23.5 Å². The summed E-state index contributed by atoms with van der Waals surface area (Å²) < 4.78 is 28.7. The van der Waals surface area contributed by atoms with Gasteiger partial charge in [0.2, 0.25) is 5.91 Å². The summed E-state index contributed by atoms with van der Waals surface area (Å²) in [6.45, 7) is 5.38. The van der Waals surface area contributed by atoms with E-state index in [1.54, 1.807) is 10.7 Å². The second kappa shape index (κ2) is 8.38. The first-order valence-electron chi connectivity index (χ1n) is 9.93. The Morgan fingerprint density at radius 2 is 1.94 bits per heavy atom. The average molecular weight is 427 g/mol. The van der Waals surface area contributed by atoms with E-state index in [2.05, 4.69) is 20.4 Å². The van der Waals surface area contributed by atoms with E-state index in [1.807, 2.05) is 24.8 Å². The van der Waals surface area contributed by atoms with Crippen molar-refractivity contribution in [3.05, 3.63) is 64.7 Å². The quantitative estimate of drug-likeness (QED) is 0.639. The van der Waals surface area contributed by atoms with Crippen molar-refractivity contribution in [2.45, 2.75) is 26.3 Å². The lowest BCUT2D eigenvalue weighted by atomic mass is 10.1. The molecule has 3 N–H and O–H groups in total. The van der Waals surface area contributed by atoms with E-state index in [1.165, 1.54) is 6.07 Å². The Morgan fingerprint density at radius 3 is 2.61 bits per heavy atom. The highest BCUT2D eigenvalue weighted by Gasteiger charge is 2.25. The van der Waals surface area contributed by atoms with Crippen molar-refractivity contribution >= 4 is 11.7 Å². The number of anilines is 1. The van der Waals surface area contributed by atoms with E-state index >= 15 is 0 Å². The van der Waals surface area contributed by atoms with Crippen LogP contribution in [0, 0.1) is 25.5 Å². The fraction of sp³-hybridized carbons (Fsp3) is 0.333. The number of nitrogens with zero attached hydrogens (tertiary/aromatic N) is 5. The van der Waals surface area contributed by atoms with Gasteiger partial charge in [-0.2, -0.15) is 5.10 Å². The minimum atomic E-state index is -0.918. The minimum absolute atomic E-state index is 0.211. The fourth-order valence-electron chi connectivity index (χ4n) is 3.66. The molecule has 1 saturated heterocycles. The van der Waals surface area contributed by atoms with Crippen LogP contribution in [-0.2, 0) is 11.2 Å². The number of aromatic nitrogens is 4. The molecule has 0 bridgehead atoms. The number of halogens is 2. The van der Waals surface area contributed by atoms with Crippen LogP contribution >= 0.6 is 0 Å². The minimum Gasteiger partial charge on any atom is -0.368 e. The molecule has 8 nitrogen and oxygen atoms in total. The second-order valence-electron chi connectivity index (χ2n) is 7.62. The summed E-state index contributed by atoms with van der Waals surface area (Å²) in [5, 5.41) is 7.58. The Balaban J connectivity index is 1.74. The van der Waals surface area contributed by atoms with Crippen LogP contribution in [-0.4, -0.2) is 51.3 Å². The van der Waals surface area contributed by atoms with Gasteiger partial charge in [-0.15, -0.1) is 0 Å². The smallest absolute Gasteiger partial charge is 0.236 e. The van der Waals surface area contributed by atoms with E-state index in [9.17, 15) is 13.6 Å². The first kappa shape index (κ1) is 20.9. The molecule has 1 atom stereocenters. The molecule has 2 aromatic heterocycles. The number of benzene rings is 1. The van der Waals surface area contributed by atoms with Crippen molar-refractivity contribution in [3.63, 3.8) is 0 Å². The number of nitrogens with one attached hydrogen (secondary N) is 1. The van der Waals surface area contributed by atoms with Gasteiger partial charge in [0, 0.05) is 37.8 Å². The topological polar surface area (TPSA) is 102 Å². The summed E-state index contributed by atoms with van der Waals surface area (Å²) in [4.78, 5) is 22.9. The number of carbonyl (C=O) groups excluding carboxylic acids is 1. The molecule has 3 heterocycles. The molecule has 1 aliphatic rings. The SMILES string of the molecule is Cc1cc(C)n(-c2cc(N3CCNC(C(N)=O)C3)nc(Cc3ccc(F)c(F)c3)n2)n1. The van der Waals surface area contributed by atoms with Crippen LogP contribution in [0.1, 0.15) is 22.8 Å². The van der Waals surface area contributed by atoms with Crippen LogP contribution in [0.2, 0.25) is 0 Å². The zero-order valence-electron chi connectivity index (χ0n) is 17.3. The maximum absolute atomic E-state index is 13.7. The molecule has 1 unspecified atom stereocenters. The number of primary amides is 1. The number of amides is 1. The molecule has 0 saturated carbocycles. The number of aryl methyl sites for hydroxylation is 2. The summed E-state index contributed by atoms with van der Waals surface area (Å²) in [6.07, 6.45) is 0.211. The third-order valence-electron chi connectivity index (χ3n) is 5.16. The van der Waals surface area contributed by atoms with Gasteiger partial charge in [0.05, 0.1) is 5.69 Å². The van der Waals surface area contributed by atoms with Crippen LogP contribution in [0.25, 0.3) is 5.82 Å². The van der Waals surface area contributed by atoms with Gasteiger partial charge in [-0.05, 0) is 37.6 Å². The van der Waals surface area contributed by atoms with Crippen molar-refractivity contribution in [2.75, 3.05) is 24.5 Å². The maximum atomic E-state index is 13.7. The van der Waals surface area contributed by atoms with Gasteiger partial charge in [0.1, 0.15) is 17.7 Å². The largest absolute Gasteiger partial charge is 0.368 e. The second-order valence-corrected chi connectivity index (χ2v) is 7.62.